The summed E-state index contributed by atoms with van der Waals surface area (Å²) in [7, 11) is -2.36. The van der Waals surface area contributed by atoms with Crippen molar-refractivity contribution < 1.29 is 22.7 Å². The number of carbonyl (C=O) groups is 1. The van der Waals surface area contributed by atoms with E-state index in [0.717, 1.165) is 38.6 Å². The first-order valence-corrected chi connectivity index (χ1v) is 10.7. The van der Waals surface area contributed by atoms with Crippen LogP contribution in [-0.2, 0) is 14.6 Å². The molecule has 0 radical (unpaired) electrons. The van der Waals surface area contributed by atoms with Crippen LogP contribution in [0.4, 0.5) is 5.69 Å². The maximum absolute atomic E-state index is 12.5. The van der Waals surface area contributed by atoms with E-state index in [1.165, 1.54) is 13.2 Å². The second-order valence-corrected chi connectivity index (χ2v) is 8.53. The molecule has 6 nitrogen and oxygen atoms in total. The molecule has 0 saturated carbocycles. The van der Waals surface area contributed by atoms with Crippen LogP contribution in [0.5, 0.6) is 11.5 Å². The molecule has 0 aromatic heterocycles. The first-order chi connectivity index (χ1) is 12.9. The molecule has 1 heterocycles. The molecule has 0 amide bonds. The number of sulfone groups is 1. The van der Waals surface area contributed by atoms with E-state index in [-0.39, 0.29) is 16.2 Å². The monoisotopic (exact) mass is 389 g/mol. The molecular formula is C20H23NO5S. The number of anilines is 1. The van der Waals surface area contributed by atoms with Gasteiger partial charge in [-0.2, -0.15) is 0 Å². The van der Waals surface area contributed by atoms with Crippen LogP contribution in [0.15, 0.2) is 47.4 Å². The number of ether oxygens (including phenoxy) is 2. The number of piperidine rings is 1. The van der Waals surface area contributed by atoms with Gasteiger partial charge in [-0.25, -0.2) is 13.2 Å². The maximum atomic E-state index is 12.5. The number of carbonyl (C=O) groups excluding carboxylic acids is 1. The molecule has 2 aromatic carbocycles. The fourth-order valence-electron chi connectivity index (χ4n) is 3.18. The van der Waals surface area contributed by atoms with Crippen molar-refractivity contribution in [3.63, 3.8) is 0 Å². The fraction of sp³-hybridized carbons (Fsp3) is 0.350. The highest BCUT2D eigenvalue weighted by Crippen LogP contribution is 2.40. The lowest BCUT2D eigenvalue weighted by Crippen LogP contribution is -2.30. The lowest BCUT2D eigenvalue weighted by atomic mass is 10.1. The fourth-order valence-corrected chi connectivity index (χ4v) is 4.00. The average Bonchev–Trinajstić information content (AvgIpc) is 2.68. The van der Waals surface area contributed by atoms with Crippen LogP contribution in [-0.4, -0.2) is 40.8 Å². The van der Waals surface area contributed by atoms with Crippen molar-refractivity contribution >= 4 is 21.5 Å². The van der Waals surface area contributed by atoms with Gasteiger partial charge in [0.15, 0.2) is 15.6 Å². The zero-order valence-electron chi connectivity index (χ0n) is 15.5. The van der Waals surface area contributed by atoms with Crippen LogP contribution >= 0.6 is 0 Å². The van der Waals surface area contributed by atoms with Crippen LogP contribution in [0.1, 0.15) is 29.6 Å². The quantitative estimate of drug-likeness (QED) is 0.727. The van der Waals surface area contributed by atoms with Gasteiger partial charge in [-0.3, -0.25) is 0 Å². The Morgan fingerprint density at radius 2 is 1.70 bits per heavy atom. The Hall–Kier alpha value is -2.54. The Bertz CT molecular complexity index is 919. The van der Waals surface area contributed by atoms with Gasteiger partial charge in [-0.15, -0.1) is 0 Å². The summed E-state index contributed by atoms with van der Waals surface area (Å²) in [4.78, 5) is 14.2. The third-order valence-corrected chi connectivity index (χ3v) is 5.62. The van der Waals surface area contributed by atoms with Crippen molar-refractivity contribution in [1.82, 2.24) is 0 Å². The van der Waals surface area contributed by atoms with Gasteiger partial charge in [0.05, 0.1) is 18.4 Å². The van der Waals surface area contributed by atoms with Crippen LogP contribution < -0.4 is 9.64 Å². The van der Waals surface area contributed by atoms with Crippen molar-refractivity contribution in [2.75, 3.05) is 31.4 Å². The van der Waals surface area contributed by atoms with Crippen LogP contribution in [0, 0.1) is 0 Å². The van der Waals surface area contributed by atoms with E-state index in [0.29, 0.717) is 11.4 Å². The van der Waals surface area contributed by atoms with Gasteiger partial charge >= 0.3 is 5.97 Å². The zero-order chi connectivity index (χ0) is 19.4. The number of methoxy groups -OCH3 is 1. The molecule has 1 saturated heterocycles. The number of para-hydroxylation sites is 1. The van der Waals surface area contributed by atoms with Gasteiger partial charge in [0, 0.05) is 19.3 Å². The third kappa shape index (κ3) is 4.42. The van der Waals surface area contributed by atoms with Gasteiger partial charge < -0.3 is 14.4 Å². The lowest BCUT2D eigenvalue weighted by molar-refractivity contribution is 0.0600. The summed E-state index contributed by atoms with van der Waals surface area (Å²) in [6, 6.07) is 12.0. The van der Waals surface area contributed by atoms with Crippen molar-refractivity contribution in [1.29, 1.82) is 0 Å². The zero-order valence-corrected chi connectivity index (χ0v) is 16.3. The number of hydrogen-bond donors (Lipinski definition) is 0. The molecule has 3 rings (SSSR count). The Balaban J connectivity index is 2.20. The van der Waals surface area contributed by atoms with Gasteiger partial charge in [0.25, 0.3) is 0 Å². The van der Waals surface area contributed by atoms with Gasteiger partial charge in [0.1, 0.15) is 10.6 Å². The third-order valence-electron chi connectivity index (χ3n) is 4.52. The van der Waals surface area contributed by atoms with Crippen LogP contribution in [0.25, 0.3) is 0 Å². The molecule has 0 spiro atoms. The number of esters is 1. The molecule has 0 unspecified atom stereocenters. The summed E-state index contributed by atoms with van der Waals surface area (Å²) in [6.07, 6.45) is 4.24. The molecule has 27 heavy (non-hydrogen) atoms. The molecule has 0 atom stereocenters. The van der Waals surface area contributed by atoms with E-state index < -0.39 is 15.8 Å². The Labute approximate surface area is 159 Å². The number of hydrogen-bond acceptors (Lipinski definition) is 6. The summed E-state index contributed by atoms with van der Waals surface area (Å²) in [5, 5.41) is 0. The summed E-state index contributed by atoms with van der Waals surface area (Å²) >= 11 is 0. The SMILES string of the molecule is COC(=O)c1cc(N2CCCCC2)c(Oc2ccccc2)c(S(C)(=O)=O)c1. The predicted octanol–water partition coefficient (Wildman–Crippen LogP) is 3.66. The van der Waals surface area contributed by atoms with Crippen molar-refractivity contribution in [3.05, 3.63) is 48.0 Å². The number of benzene rings is 2. The molecule has 1 aliphatic rings. The molecule has 2 aromatic rings. The first-order valence-electron chi connectivity index (χ1n) is 8.84. The molecule has 144 valence electrons. The van der Waals surface area contributed by atoms with Crippen LogP contribution in [0.2, 0.25) is 0 Å². The molecule has 0 bridgehead atoms. The first kappa shape index (κ1) is 19.2. The van der Waals surface area contributed by atoms with Gasteiger partial charge in [-0.05, 0) is 43.5 Å². The molecule has 7 heteroatoms. The topological polar surface area (TPSA) is 72.9 Å². The number of nitrogens with zero attached hydrogens (tertiary/aromatic N) is 1. The minimum absolute atomic E-state index is 0.0187. The minimum Gasteiger partial charge on any atom is -0.465 e. The second kappa shape index (κ2) is 8.00. The molecule has 0 N–H and O–H groups in total. The lowest BCUT2D eigenvalue weighted by Gasteiger charge is -2.31. The van der Waals surface area contributed by atoms with E-state index in [9.17, 15) is 13.2 Å². The normalized spacial score (nSPS) is 14.7. The van der Waals surface area contributed by atoms with Crippen molar-refractivity contribution in [3.8, 4) is 11.5 Å². The molecular weight excluding hydrogens is 366 g/mol. The highest BCUT2D eigenvalue weighted by atomic mass is 32.2. The van der Waals surface area contributed by atoms with E-state index >= 15 is 0 Å². The van der Waals surface area contributed by atoms with Gasteiger partial charge in [-0.1, -0.05) is 18.2 Å². The smallest absolute Gasteiger partial charge is 0.337 e. The number of rotatable bonds is 5. The van der Waals surface area contributed by atoms with Crippen molar-refractivity contribution in [2.45, 2.75) is 24.2 Å². The highest BCUT2D eigenvalue weighted by molar-refractivity contribution is 7.90. The molecule has 0 aliphatic carbocycles. The van der Waals surface area contributed by atoms with Crippen LogP contribution in [0.3, 0.4) is 0 Å². The van der Waals surface area contributed by atoms with Crippen molar-refractivity contribution in [2.24, 2.45) is 0 Å². The summed E-state index contributed by atoms with van der Waals surface area (Å²) in [6.45, 7) is 1.55. The van der Waals surface area contributed by atoms with E-state index in [4.69, 9.17) is 9.47 Å². The maximum Gasteiger partial charge on any atom is 0.337 e. The Morgan fingerprint density at radius 1 is 1.04 bits per heavy atom. The molecule has 1 aliphatic heterocycles. The van der Waals surface area contributed by atoms with E-state index in [1.54, 1.807) is 18.2 Å². The molecule has 1 fully saturated rings. The largest absolute Gasteiger partial charge is 0.465 e. The summed E-state index contributed by atoms with van der Waals surface area (Å²) in [5.74, 6) is 0.203. The summed E-state index contributed by atoms with van der Waals surface area (Å²) < 4.78 is 35.8. The van der Waals surface area contributed by atoms with E-state index in [2.05, 4.69) is 4.90 Å². The predicted molar refractivity (Wildman–Crippen MR) is 103 cm³/mol. The second-order valence-electron chi connectivity index (χ2n) is 6.55. The highest BCUT2D eigenvalue weighted by Gasteiger charge is 2.26. The Kier molecular flexibility index (Phi) is 5.70. The Morgan fingerprint density at radius 3 is 2.30 bits per heavy atom. The van der Waals surface area contributed by atoms with Gasteiger partial charge in [0.2, 0.25) is 0 Å². The average molecular weight is 389 g/mol. The standard InChI is InChI=1S/C20H23NO5S/c1-25-20(22)15-13-17(21-11-7-4-8-12-21)19(18(14-15)27(2,23)24)26-16-9-5-3-6-10-16/h3,5-6,9-10,13-14H,4,7-8,11-12H2,1-2H3. The minimum atomic E-state index is -3.64. The van der Waals surface area contributed by atoms with E-state index in [1.807, 2.05) is 18.2 Å². The summed E-state index contributed by atoms with van der Waals surface area (Å²) in [5.41, 5.74) is 0.792.